The predicted molar refractivity (Wildman–Crippen MR) is 167 cm³/mol. The summed E-state index contributed by atoms with van der Waals surface area (Å²) in [6.45, 7) is 9.23. The van der Waals surface area contributed by atoms with E-state index in [1.54, 1.807) is 19.2 Å². The van der Waals surface area contributed by atoms with E-state index >= 15 is 0 Å². The first kappa shape index (κ1) is 30.9. The van der Waals surface area contributed by atoms with E-state index in [9.17, 15) is 4.79 Å². The number of aliphatic hydroxyl groups excluding tert-OH is 1. The normalized spacial score (nSPS) is 21.2. The summed E-state index contributed by atoms with van der Waals surface area (Å²) in [6.07, 6.45) is 0.983. The smallest absolute Gasteiger partial charge is 0.280 e. The third kappa shape index (κ3) is 7.18. The fourth-order valence-electron chi connectivity index (χ4n) is 6.11. The molecule has 0 aromatic heterocycles. The summed E-state index contributed by atoms with van der Waals surface area (Å²) in [5.74, 6) is 1.59. The molecule has 0 bridgehead atoms. The molecule has 1 amide bonds. The number of nitrogens with two attached hydrogens (primary N) is 1. The molecule has 2 unspecified atom stereocenters. The molecule has 2 fully saturated rings. The predicted octanol–water partition coefficient (Wildman–Crippen LogP) is 1.81. The second-order valence-electron chi connectivity index (χ2n) is 11.2. The van der Waals surface area contributed by atoms with Crippen LogP contribution in [0.15, 0.2) is 46.4 Å². The number of ether oxygens (including phenoxy) is 3. The largest absolute Gasteiger partial charge is 0.493 e. The fraction of sp³-hybridized carbons (Fsp3) is 0.531. The lowest BCUT2D eigenvalue weighted by atomic mass is 9.79. The van der Waals surface area contributed by atoms with Crippen molar-refractivity contribution in [2.45, 2.75) is 25.3 Å². The van der Waals surface area contributed by atoms with Crippen molar-refractivity contribution >= 4 is 17.6 Å². The molecule has 11 nitrogen and oxygen atoms in total. The molecule has 2 atom stereocenters. The summed E-state index contributed by atoms with van der Waals surface area (Å²) in [5.41, 5.74) is 10.8. The van der Waals surface area contributed by atoms with Gasteiger partial charge in [-0.05, 0) is 56.8 Å². The third-order valence-electron chi connectivity index (χ3n) is 8.47. The van der Waals surface area contributed by atoms with E-state index in [0.717, 1.165) is 61.7 Å². The van der Waals surface area contributed by atoms with E-state index in [2.05, 4.69) is 27.9 Å². The van der Waals surface area contributed by atoms with Crippen LogP contribution >= 0.6 is 0 Å². The number of methoxy groups -OCH3 is 1. The molecule has 2 aromatic rings. The fourth-order valence-corrected chi connectivity index (χ4v) is 6.11. The van der Waals surface area contributed by atoms with Gasteiger partial charge >= 0.3 is 0 Å². The van der Waals surface area contributed by atoms with Gasteiger partial charge in [0.1, 0.15) is 0 Å². The number of aliphatic imine (C=N–C) groups is 2. The summed E-state index contributed by atoms with van der Waals surface area (Å²) in [6, 6.07) is 11.8. The van der Waals surface area contributed by atoms with Gasteiger partial charge in [-0.3, -0.25) is 14.7 Å². The van der Waals surface area contributed by atoms with Gasteiger partial charge in [-0.25, -0.2) is 0 Å². The Hall–Kier alpha value is -3.51. The van der Waals surface area contributed by atoms with Crippen molar-refractivity contribution in [2.75, 3.05) is 86.4 Å². The maximum absolute atomic E-state index is 13.0. The van der Waals surface area contributed by atoms with Crippen LogP contribution in [0.3, 0.4) is 0 Å². The Labute approximate surface area is 253 Å². The molecule has 0 spiro atoms. The van der Waals surface area contributed by atoms with Crippen molar-refractivity contribution in [2.24, 2.45) is 15.7 Å². The second kappa shape index (κ2) is 14.3. The Balaban J connectivity index is 1.31. The van der Waals surface area contributed by atoms with Crippen LogP contribution in [0.2, 0.25) is 0 Å². The lowest BCUT2D eigenvalue weighted by Gasteiger charge is -2.39. The van der Waals surface area contributed by atoms with E-state index in [1.807, 2.05) is 30.0 Å². The number of hydrogen-bond acceptors (Lipinski definition) is 8. The molecule has 232 valence electrons. The summed E-state index contributed by atoms with van der Waals surface area (Å²) < 4.78 is 17.0. The lowest BCUT2D eigenvalue weighted by molar-refractivity contribution is 0.0650. The summed E-state index contributed by atoms with van der Waals surface area (Å²) in [5, 5.41) is 8.83. The number of benzene rings is 2. The number of carbonyl (C=O) groups excluding carboxylic acids is 1. The average Bonchev–Trinajstić information content (AvgIpc) is 3.03. The molecule has 0 saturated carbocycles. The van der Waals surface area contributed by atoms with Crippen LogP contribution in [0.5, 0.6) is 11.5 Å². The number of carbonyl (C=O) groups is 1. The Morgan fingerprint density at radius 2 is 1.86 bits per heavy atom. The Morgan fingerprint density at radius 3 is 2.56 bits per heavy atom. The van der Waals surface area contributed by atoms with Crippen LogP contribution in [-0.4, -0.2) is 130 Å². The minimum Gasteiger partial charge on any atom is -0.493 e. The third-order valence-corrected chi connectivity index (χ3v) is 8.47. The Bertz CT molecular complexity index is 1320. The molecule has 2 saturated heterocycles. The molecule has 43 heavy (non-hydrogen) atoms. The van der Waals surface area contributed by atoms with Gasteiger partial charge in [-0.1, -0.05) is 12.1 Å². The summed E-state index contributed by atoms with van der Waals surface area (Å²) >= 11 is 0. The number of hydrogen-bond donors (Lipinski definition) is 2. The Morgan fingerprint density at radius 1 is 1.09 bits per heavy atom. The molecule has 0 radical (unpaired) electrons. The highest BCUT2D eigenvalue weighted by Gasteiger charge is 2.36. The molecule has 3 N–H and O–H groups in total. The van der Waals surface area contributed by atoms with Crippen molar-refractivity contribution in [3.05, 3.63) is 58.7 Å². The highest BCUT2D eigenvalue weighted by Crippen LogP contribution is 2.42. The first-order valence-corrected chi connectivity index (χ1v) is 15.2. The van der Waals surface area contributed by atoms with Crippen LogP contribution in [-0.2, 0) is 4.74 Å². The number of rotatable bonds is 10. The minimum absolute atomic E-state index is 0.0318. The number of nitrogens with zero attached hydrogens (tertiary/aromatic N) is 5. The van der Waals surface area contributed by atoms with E-state index in [-0.39, 0.29) is 30.4 Å². The maximum Gasteiger partial charge on any atom is 0.280 e. The van der Waals surface area contributed by atoms with Gasteiger partial charge in [-0.15, -0.1) is 0 Å². The molecule has 5 rings (SSSR count). The van der Waals surface area contributed by atoms with Gasteiger partial charge in [0.2, 0.25) is 0 Å². The van der Waals surface area contributed by atoms with Crippen molar-refractivity contribution in [3.63, 3.8) is 0 Å². The first-order valence-electron chi connectivity index (χ1n) is 15.2. The topological polar surface area (TPSA) is 125 Å². The number of guanidine groups is 1. The van der Waals surface area contributed by atoms with Crippen molar-refractivity contribution in [3.8, 4) is 11.5 Å². The van der Waals surface area contributed by atoms with Gasteiger partial charge < -0.3 is 34.9 Å². The molecule has 3 aliphatic heterocycles. The molecular weight excluding hydrogens is 548 g/mol. The maximum atomic E-state index is 13.0. The Kier molecular flexibility index (Phi) is 10.3. The molecule has 11 heteroatoms. The van der Waals surface area contributed by atoms with Gasteiger partial charge in [0, 0.05) is 61.9 Å². The lowest BCUT2D eigenvalue weighted by Crippen LogP contribution is -2.51. The number of likely N-dealkylation sites (N-methyl/N-ethyl adjacent to an activating group) is 1. The molecular formula is C32H44N6O5. The number of aliphatic hydroxyl groups is 1. The van der Waals surface area contributed by atoms with Crippen LogP contribution in [0.1, 0.15) is 46.3 Å². The van der Waals surface area contributed by atoms with E-state index in [0.29, 0.717) is 44.2 Å². The van der Waals surface area contributed by atoms with Crippen LogP contribution in [0.25, 0.3) is 0 Å². The molecule has 3 heterocycles. The molecule has 2 aromatic carbocycles. The minimum atomic E-state index is -0.367. The van der Waals surface area contributed by atoms with Gasteiger partial charge in [0.05, 0.1) is 45.3 Å². The van der Waals surface area contributed by atoms with Crippen molar-refractivity contribution < 1.29 is 24.1 Å². The van der Waals surface area contributed by atoms with E-state index < -0.39 is 0 Å². The van der Waals surface area contributed by atoms with Crippen LogP contribution in [0, 0.1) is 0 Å². The van der Waals surface area contributed by atoms with Crippen LogP contribution < -0.4 is 15.2 Å². The quantitative estimate of drug-likeness (QED) is 0.241. The standard InChI is InChI=1S/C32H44N6O5/c1-4-43-29-19-24-25(20-28(29)41-3)30(34-27-9-10-36(2)21-26(24)27)22-5-7-23(8-6-22)31(40)35-32(33)38-13-11-37(12-14-38)15-17-42-18-16-39/h5-8,19-20,26-27,39H,4,9-18,21H2,1-3H3,(H2,33,35,40). The number of likely N-dealkylation sites (tertiary alicyclic amines) is 1. The zero-order chi connectivity index (χ0) is 30.3. The zero-order valence-electron chi connectivity index (χ0n) is 25.5. The monoisotopic (exact) mass is 592 g/mol. The first-order chi connectivity index (χ1) is 20.9. The number of fused-ring (bicyclic) bond motifs is 3. The number of piperazine rings is 1. The highest BCUT2D eigenvalue weighted by molar-refractivity contribution is 6.15. The second-order valence-corrected chi connectivity index (χ2v) is 11.2. The molecule has 3 aliphatic rings. The number of piperidine rings is 1. The summed E-state index contributed by atoms with van der Waals surface area (Å²) in [7, 11) is 3.81. The summed E-state index contributed by atoms with van der Waals surface area (Å²) in [4.78, 5) is 29.1. The van der Waals surface area contributed by atoms with Crippen molar-refractivity contribution in [1.82, 2.24) is 14.7 Å². The van der Waals surface area contributed by atoms with E-state index in [4.69, 9.17) is 30.0 Å². The van der Waals surface area contributed by atoms with Crippen LogP contribution in [0.4, 0.5) is 0 Å². The van der Waals surface area contributed by atoms with Crippen molar-refractivity contribution in [1.29, 1.82) is 0 Å². The van der Waals surface area contributed by atoms with Gasteiger partial charge in [0.25, 0.3) is 5.91 Å². The molecule has 0 aliphatic carbocycles. The highest BCUT2D eigenvalue weighted by atomic mass is 16.5. The number of amides is 1. The average molecular weight is 593 g/mol. The zero-order valence-corrected chi connectivity index (χ0v) is 25.5. The van der Waals surface area contributed by atoms with Gasteiger partial charge in [0.15, 0.2) is 17.5 Å². The van der Waals surface area contributed by atoms with E-state index in [1.165, 1.54) is 5.56 Å². The SMILES string of the molecule is CCOc1cc2c(cc1OC)C(c1ccc(C(=O)N=C(N)N3CCN(CCOCCO)CC3)cc1)=NC1CCN(C)CC21. The van der Waals surface area contributed by atoms with Gasteiger partial charge in [-0.2, -0.15) is 4.99 Å².